The van der Waals surface area contributed by atoms with Gasteiger partial charge in [0.15, 0.2) is 23.3 Å². The van der Waals surface area contributed by atoms with Crippen molar-refractivity contribution in [2.24, 2.45) is 0 Å². The van der Waals surface area contributed by atoms with Crippen molar-refractivity contribution in [3.8, 4) is 11.5 Å². The van der Waals surface area contributed by atoms with Gasteiger partial charge in [0.25, 0.3) is 5.91 Å². The molecule has 0 bridgehead atoms. The van der Waals surface area contributed by atoms with Gasteiger partial charge in [0.2, 0.25) is 0 Å². The second kappa shape index (κ2) is 7.47. The number of carbonyl (C=O) groups excluding carboxylic acids is 1. The second-order valence-electron chi connectivity index (χ2n) is 6.59. The summed E-state index contributed by atoms with van der Waals surface area (Å²) >= 11 is 1.17. The topological polar surface area (TPSA) is 104 Å². The van der Waals surface area contributed by atoms with Crippen molar-refractivity contribution in [3.63, 3.8) is 0 Å². The number of hydrogen-bond donors (Lipinski definition) is 1. The van der Waals surface area contributed by atoms with Gasteiger partial charge in [-0.05, 0) is 29.8 Å². The van der Waals surface area contributed by atoms with Gasteiger partial charge in [0.05, 0.1) is 24.5 Å². The molecule has 0 aliphatic carbocycles. The number of carbonyl (C=O) groups is 1. The molecule has 0 saturated carbocycles. The molecule has 0 fully saturated rings. The van der Waals surface area contributed by atoms with Crippen LogP contribution in [0.1, 0.15) is 16.1 Å². The molecule has 2 aromatic heterocycles. The third-order valence-corrected chi connectivity index (χ3v) is 5.06. The van der Waals surface area contributed by atoms with Crippen LogP contribution in [0.2, 0.25) is 0 Å². The van der Waals surface area contributed by atoms with E-state index in [4.69, 9.17) is 9.47 Å². The summed E-state index contributed by atoms with van der Waals surface area (Å²) in [5.41, 5.74) is 2.87. The third-order valence-electron chi connectivity index (χ3n) is 4.50. The van der Waals surface area contributed by atoms with Crippen LogP contribution in [0.15, 0.2) is 48.7 Å². The van der Waals surface area contributed by atoms with E-state index in [1.54, 1.807) is 10.9 Å². The summed E-state index contributed by atoms with van der Waals surface area (Å²) in [7, 11) is 0. The predicted molar refractivity (Wildman–Crippen MR) is 105 cm³/mol. The summed E-state index contributed by atoms with van der Waals surface area (Å²) < 4.78 is 21.6. The van der Waals surface area contributed by atoms with E-state index in [0.29, 0.717) is 25.4 Å². The fourth-order valence-corrected chi connectivity index (χ4v) is 3.58. The first-order valence-electron chi connectivity index (χ1n) is 9.02. The lowest BCUT2D eigenvalue weighted by atomic mass is 10.2. The van der Waals surface area contributed by atoms with Crippen LogP contribution >= 0.6 is 11.7 Å². The molecule has 0 radical (unpaired) electrons. The molecule has 0 unspecified atom stereocenters. The molecule has 1 aliphatic rings. The van der Waals surface area contributed by atoms with Crippen molar-refractivity contribution in [1.29, 1.82) is 0 Å². The Labute approximate surface area is 169 Å². The van der Waals surface area contributed by atoms with Crippen LogP contribution in [-0.2, 0) is 13.1 Å². The Balaban J connectivity index is 1.19. The minimum Gasteiger partial charge on any atom is -0.486 e. The molecule has 2 aromatic carbocycles. The molecule has 29 heavy (non-hydrogen) atoms. The average molecular weight is 408 g/mol. The minimum atomic E-state index is -0.293. The lowest BCUT2D eigenvalue weighted by Gasteiger charge is -2.26. The van der Waals surface area contributed by atoms with Gasteiger partial charge in [-0.1, -0.05) is 23.4 Å². The Bertz CT molecular complexity index is 1170. The van der Waals surface area contributed by atoms with Crippen molar-refractivity contribution in [2.75, 3.05) is 6.61 Å². The monoisotopic (exact) mass is 408 g/mol. The van der Waals surface area contributed by atoms with Crippen molar-refractivity contribution in [1.82, 2.24) is 29.1 Å². The first kappa shape index (κ1) is 17.6. The molecule has 1 aliphatic heterocycles. The molecule has 1 atom stereocenters. The number of nitrogens with zero attached hydrogens (tertiary/aromatic N) is 5. The largest absolute Gasteiger partial charge is 0.486 e. The van der Waals surface area contributed by atoms with Crippen molar-refractivity contribution in [3.05, 3.63) is 59.9 Å². The number of hydrogen-bond acceptors (Lipinski definition) is 8. The maximum atomic E-state index is 12.4. The van der Waals surface area contributed by atoms with Crippen LogP contribution in [0, 0.1) is 0 Å². The van der Waals surface area contributed by atoms with Crippen LogP contribution in [-0.4, -0.2) is 42.4 Å². The van der Waals surface area contributed by atoms with Crippen molar-refractivity contribution in [2.45, 2.75) is 19.2 Å². The smallest absolute Gasteiger partial charge is 0.273 e. The summed E-state index contributed by atoms with van der Waals surface area (Å²) in [6, 6.07) is 13.2. The maximum Gasteiger partial charge on any atom is 0.273 e. The zero-order valence-corrected chi connectivity index (χ0v) is 16.0. The van der Waals surface area contributed by atoms with Gasteiger partial charge in [-0.3, -0.25) is 4.79 Å². The average Bonchev–Trinajstić information content (AvgIpc) is 3.41. The van der Waals surface area contributed by atoms with Crippen LogP contribution in [0.3, 0.4) is 0 Å². The van der Waals surface area contributed by atoms with Crippen molar-refractivity contribution >= 4 is 28.7 Å². The Hall–Kier alpha value is -3.53. The van der Waals surface area contributed by atoms with Crippen LogP contribution in [0.25, 0.3) is 11.0 Å². The molecule has 9 nitrogen and oxygen atoms in total. The zero-order chi connectivity index (χ0) is 19.6. The highest BCUT2D eigenvalue weighted by molar-refractivity contribution is 7.00. The van der Waals surface area contributed by atoms with Gasteiger partial charge in [-0.2, -0.15) is 8.75 Å². The highest BCUT2D eigenvalue weighted by Crippen LogP contribution is 2.31. The van der Waals surface area contributed by atoms with Crippen molar-refractivity contribution < 1.29 is 14.3 Å². The first-order chi connectivity index (χ1) is 14.2. The Morgan fingerprint density at radius 1 is 1.17 bits per heavy atom. The molecular weight excluding hydrogens is 392 g/mol. The number of nitrogens with one attached hydrogen (secondary N) is 1. The standard InChI is InChI=1S/C19H16N6O3S/c26-19(20-8-12-5-6-14-15(7-12)23-29-22-14)16-10-25(24-21-16)9-13-11-27-17-3-1-2-4-18(17)28-13/h1-7,10,13H,8-9,11H2,(H,20,26)/t13-/m0/s1. The Kier molecular flexibility index (Phi) is 4.53. The van der Waals surface area contributed by atoms with Gasteiger partial charge in [-0.25, -0.2) is 4.68 Å². The van der Waals surface area contributed by atoms with E-state index in [1.165, 1.54) is 11.7 Å². The number of amides is 1. The first-order valence-corrected chi connectivity index (χ1v) is 9.76. The lowest BCUT2D eigenvalue weighted by Crippen LogP contribution is -2.33. The fourth-order valence-electron chi connectivity index (χ4n) is 3.06. The van der Waals surface area contributed by atoms with Crippen LogP contribution in [0.5, 0.6) is 11.5 Å². The molecule has 10 heteroatoms. The molecule has 1 amide bonds. The second-order valence-corrected chi connectivity index (χ2v) is 7.12. The summed E-state index contributed by atoms with van der Waals surface area (Å²) in [4.78, 5) is 12.4. The van der Waals surface area contributed by atoms with Gasteiger partial charge >= 0.3 is 0 Å². The highest BCUT2D eigenvalue weighted by atomic mass is 32.1. The number of aromatic nitrogens is 5. The molecule has 146 valence electrons. The summed E-state index contributed by atoms with van der Waals surface area (Å²) in [5.74, 6) is 1.14. The minimum absolute atomic E-state index is 0.207. The van der Waals surface area contributed by atoms with E-state index in [2.05, 4.69) is 24.4 Å². The predicted octanol–water partition coefficient (Wildman–Crippen LogP) is 2.05. The Morgan fingerprint density at radius 2 is 2.03 bits per heavy atom. The molecular formula is C19H16N6O3S. The molecule has 1 N–H and O–H groups in total. The maximum absolute atomic E-state index is 12.4. The van der Waals surface area contributed by atoms with Crippen LogP contribution in [0.4, 0.5) is 0 Å². The Morgan fingerprint density at radius 3 is 2.97 bits per heavy atom. The fraction of sp³-hybridized carbons (Fsp3) is 0.211. The summed E-state index contributed by atoms with van der Waals surface area (Å²) in [5, 5.41) is 10.8. The number of para-hydroxylation sites is 2. The van der Waals surface area contributed by atoms with Gasteiger partial charge in [0.1, 0.15) is 17.6 Å². The number of benzene rings is 2. The molecule has 5 rings (SSSR count). The summed E-state index contributed by atoms with van der Waals surface area (Å²) in [6.07, 6.45) is 1.40. The number of ether oxygens (including phenoxy) is 2. The zero-order valence-electron chi connectivity index (χ0n) is 15.2. The van der Waals surface area contributed by atoms with Crippen LogP contribution < -0.4 is 14.8 Å². The number of rotatable bonds is 5. The van der Waals surface area contributed by atoms with Gasteiger partial charge in [0, 0.05) is 6.54 Å². The van der Waals surface area contributed by atoms with Gasteiger partial charge < -0.3 is 14.8 Å². The van der Waals surface area contributed by atoms with E-state index < -0.39 is 0 Å². The van der Waals surface area contributed by atoms with E-state index in [1.807, 2.05) is 42.5 Å². The molecule has 3 heterocycles. The van der Waals surface area contributed by atoms with E-state index in [-0.39, 0.29) is 17.7 Å². The summed E-state index contributed by atoms with van der Waals surface area (Å²) in [6.45, 7) is 1.21. The van der Waals surface area contributed by atoms with Gasteiger partial charge in [-0.15, -0.1) is 5.10 Å². The highest BCUT2D eigenvalue weighted by Gasteiger charge is 2.22. The molecule has 0 spiro atoms. The number of fused-ring (bicyclic) bond motifs is 2. The SMILES string of the molecule is O=C(NCc1ccc2nsnc2c1)c1cn(C[C@H]2COc3ccccc3O2)nn1. The van der Waals surface area contributed by atoms with E-state index in [9.17, 15) is 4.79 Å². The molecule has 0 saturated heterocycles. The quantitative estimate of drug-likeness (QED) is 0.539. The lowest BCUT2D eigenvalue weighted by molar-refractivity contribution is 0.0754. The third kappa shape index (κ3) is 3.74. The van der Waals surface area contributed by atoms with E-state index in [0.717, 1.165) is 22.3 Å². The van der Waals surface area contributed by atoms with E-state index >= 15 is 0 Å². The molecule has 4 aromatic rings. The normalized spacial score (nSPS) is 15.4.